The van der Waals surface area contributed by atoms with Crippen LogP contribution in [-0.2, 0) is 0 Å². The number of carbonyl (C=O) groups is 1. The van der Waals surface area contributed by atoms with E-state index < -0.39 is 0 Å². The van der Waals surface area contributed by atoms with Gasteiger partial charge in [-0.1, -0.05) is 13.8 Å². The van der Waals surface area contributed by atoms with E-state index in [1.165, 1.54) is 25.0 Å². The summed E-state index contributed by atoms with van der Waals surface area (Å²) in [5, 5.41) is 7.53. The van der Waals surface area contributed by atoms with Crippen molar-refractivity contribution in [3.05, 3.63) is 59.3 Å². The van der Waals surface area contributed by atoms with Crippen LogP contribution in [0.25, 0.3) is 17.2 Å². The lowest BCUT2D eigenvalue weighted by Crippen LogP contribution is -2.32. The Morgan fingerprint density at radius 1 is 1.24 bits per heavy atom. The van der Waals surface area contributed by atoms with Gasteiger partial charge in [0.05, 0.1) is 23.1 Å². The number of hydrogen-bond donors (Lipinski definition) is 1. The predicted molar refractivity (Wildman–Crippen MR) is 126 cm³/mol. The Kier molecular flexibility index (Phi) is 6.83. The Morgan fingerprint density at radius 3 is 2.67 bits per heavy atom. The van der Waals surface area contributed by atoms with Gasteiger partial charge >= 0.3 is 0 Å². The molecule has 1 atom stereocenters. The second kappa shape index (κ2) is 9.79. The fourth-order valence-electron chi connectivity index (χ4n) is 4.47. The molecule has 0 unspecified atom stereocenters. The molecule has 1 aromatic carbocycles. The summed E-state index contributed by atoms with van der Waals surface area (Å²) in [6, 6.07) is 6.75. The highest BCUT2D eigenvalue weighted by Crippen LogP contribution is 2.25. The number of nitrogens with one attached hydrogen (secondary N) is 1. The standard InChI is InChI=1S/C25H31FN6O/c1-16(2)23-21(24(33)27-12-11-20-6-5-13-31(20)4)15-29-32(23)25-28-14-17(3)22(30-25)18-7-9-19(26)10-8-18/h7-10,14-16,20H,5-6,11-13H2,1-4H3,(H,27,33)/t20-/m1/s1. The van der Waals surface area contributed by atoms with Gasteiger partial charge in [-0.25, -0.2) is 19.0 Å². The van der Waals surface area contributed by atoms with Crippen LogP contribution in [0.3, 0.4) is 0 Å². The quantitative estimate of drug-likeness (QED) is 0.586. The monoisotopic (exact) mass is 450 g/mol. The molecule has 33 heavy (non-hydrogen) atoms. The molecule has 3 heterocycles. The maximum atomic E-state index is 13.4. The lowest BCUT2D eigenvalue weighted by molar-refractivity contribution is 0.0949. The van der Waals surface area contributed by atoms with Crippen LogP contribution in [0.1, 0.15) is 60.6 Å². The molecule has 0 spiro atoms. The minimum atomic E-state index is -0.296. The van der Waals surface area contributed by atoms with E-state index in [1.807, 2.05) is 20.8 Å². The number of carbonyl (C=O) groups excluding carboxylic acids is 1. The topological polar surface area (TPSA) is 75.9 Å². The van der Waals surface area contributed by atoms with Gasteiger partial charge in [-0.15, -0.1) is 0 Å². The Bertz CT molecular complexity index is 1120. The van der Waals surface area contributed by atoms with Crippen LogP contribution in [0, 0.1) is 12.7 Å². The number of halogens is 1. The van der Waals surface area contributed by atoms with E-state index in [-0.39, 0.29) is 17.6 Å². The third kappa shape index (κ3) is 4.95. The summed E-state index contributed by atoms with van der Waals surface area (Å²) in [5.74, 6) is -0.00445. The molecule has 8 heteroatoms. The zero-order valence-electron chi connectivity index (χ0n) is 19.7. The highest BCUT2D eigenvalue weighted by atomic mass is 19.1. The second-order valence-corrected chi connectivity index (χ2v) is 9.04. The molecule has 2 aromatic heterocycles. The van der Waals surface area contributed by atoms with Crippen molar-refractivity contribution in [3.8, 4) is 17.2 Å². The van der Waals surface area contributed by atoms with Gasteiger partial charge in [-0.2, -0.15) is 5.10 Å². The summed E-state index contributed by atoms with van der Waals surface area (Å²) in [6.07, 6.45) is 6.66. The van der Waals surface area contributed by atoms with E-state index in [0.29, 0.717) is 29.8 Å². The fraction of sp³-hybridized carbons (Fsp3) is 0.440. The molecule has 0 aliphatic carbocycles. The highest BCUT2D eigenvalue weighted by Gasteiger charge is 2.24. The maximum absolute atomic E-state index is 13.4. The largest absolute Gasteiger partial charge is 0.352 e. The molecule has 1 aliphatic heterocycles. The van der Waals surface area contributed by atoms with Crippen molar-refractivity contribution in [2.75, 3.05) is 20.1 Å². The molecule has 1 amide bonds. The van der Waals surface area contributed by atoms with Crippen molar-refractivity contribution in [3.63, 3.8) is 0 Å². The van der Waals surface area contributed by atoms with Gasteiger partial charge < -0.3 is 10.2 Å². The van der Waals surface area contributed by atoms with Crippen molar-refractivity contribution in [1.29, 1.82) is 0 Å². The van der Waals surface area contributed by atoms with Crippen molar-refractivity contribution < 1.29 is 9.18 Å². The second-order valence-electron chi connectivity index (χ2n) is 9.04. The average Bonchev–Trinajstić information content (AvgIpc) is 3.41. The van der Waals surface area contributed by atoms with Gasteiger partial charge in [0, 0.05) is 24.3 Å². The first kappa shape index (κ1) is 23.0. The Morgan fingerprint density at radius 2 is 2.00 bits per heavy atom. The van der Waals surface area contributed by atoms with Crippen LogP contribution in [0.15, 0.2) is 36.7 Å². The van der Waals surface area contributed by atoms with Crippen molar-refractivity contribution >= 4 is 5.91 Å². The predicted octanol–water partition coefficient (Wildman–Crippen LogP) is 4.11. The maximum Gasteiger partial charge on any atom is 0.254 e. The van der Waals surface area contributed by atoms with E-state index in [4.69, 9.17) is 4.98 Å². The summed E-state index contributed by atoms with van der Waals surface area (Å²) in [4.78, 5) is 24.5. The van der Waals surface area contributed by atoms with Gasteiger partial charge in [0.1, 0.15) is 5.82 Å². The summed E-state index contributed by atoms with van der Waals surface area (Å²) in [6.45, 7) is 7.71. The van der Waals surface area contributed by atoms with Crippen molar-refractivity contribution in [1.82, 2.24) is 30.0 Å². The summed E-state index contributed by atoms with van der Waals surface area (Å²) in [7, 11) is 2.14. The third-order valence-electron chi connectivity index (χ3n) is 6.30. The number of likely N-dealkylation sites (tertiary alicyclic amines) is 1. The molecule has 0 radical (unpaired) electrons. The SMILES string of the molecule is Cc1cnc(-n2ncc(C(=O)NCC[C@H]3CCCN3C)c2C(C)C)nc1-c1ccc(F)cc1. The average molecular weight is 451 g/mol. The van der Waals surface area contributed by atoms with Crippen molar-refractivity contribution in [2.24, 2.45) is 0 Å². The molecule has 0 bridgehead atoms. The van der Waals surface area contributed by atoms with E-state index in [9.17, 15) is 9.18 Å². The zero-order valence-corrected chi connectivity index (χ0v) is 19.7. The molecular weight excluding hydrogens is 419 g/mol. The smallest absolute Gasteiger partial charge is 0.254 e. The Labute approximate surface area is 194 Å². The molecule has 1 saturated heterocycles. The van der Waals surface area contributed by atoms with E-state index in [0.717, 1.165) is 29.8 Å². The molecular formula is C25H31FN6O. The lowest BCUT2D eigenvalue weighted by Gasteiger charge is -2.19. The molecule has 1 N–H and O–H groups in total. The van der Waals surface area contributed by atoms with Crippen molar-refractivity contribution in [2.45, 2.75) is 52.0 Å². The summed E-state index contributed by atoms with van der Waals surface area (Å²) in [5.41, 5.74) is 3.68. The first-order chi connectivity index (χ1) is 15.8. The number of hydrogen-bond acceptors (Lipinski definition) is 5. The third-order valence-corrected chi connectivity index (χ3v) is 6.30. The number of aryl methyl sites for hydroxylation is 1. The molecule has 3 aromatic rings. The normalized spacial score (nSPS) is 16.5. The molecule has 1 aliphatic rings. The highest BCUT2D eigenvalue weighted by molar-refractivity contribution is 5.95. The van der Waals surface area contributed by atoms with E-state index >= 15 is 0 Å². The summed E-state index contributed by atoms with van der Waals surface area (Å²) >= 11 is 0. The lowest BCUT2D eigenvalue weighted by atomic mass is 10.1. The first-order valence-electron chi connectivity index (χ1n) is 11.5. The number of amides is 1. The molecule has 4 rings (SSSR count). The summed E-state index contributed by atoms with van der Waals surface area (Å²) < 4.78 is 15.0. The van der Waals surface area contributed by atoms with Crippen LogP contribution in [-0.4, -0.2) is 56.7 Å². The van der Waals surface area contributed by atoms with Crippen LogP contribution in [0.5, 0.6) is 0 Å². The molecule has 174 valence electrons. The molecule has 0 saturated carbocycles. The number of rotatable bonds is 7. The van der Waals surface area contributed by atoms with Crippen LogP contribution in [0.4, 0.5) is 4.39 Å². The Balaban J connectivity index is 1.58. The number of nitrogens with zero attached hydrogens (tertiary/aromatic N) is 5. The minimum absolute atomic E-state index is 0.0355. The molecule has 1 fully saturated rings. The van der Waals surface area contributed by atoms with Gasteiger partial charge in [0.2, 0.25) is 0 Å². The van der Waals surface area contributed by atoms with Crippen LogP contribution >= 0.6 is 0 Å². The number of benzene rings is 1. The number of aromatic nitrogens is 4. The minimum Gasteiger partial charge on any atom is -0.352 e. The van der Waals surface area contributed by atoms with Crippen LogP contribution < -0.4 is 5.32 Å². The van der Waals surface area contributed by atoms with Gasteiger partial charge in [0.15, 0.2) is 0 Å². The molecule has 7 nitrogen and oxygen atoms in total. The first-order valence-corrected chi connectivity index (χ1v) is 11.5. The van der Waals surface area contributed by atoms with Gasteiger partial charge in [-0.05, 0) is 75.5 Å². The van der Waals surface area contributed by atoms with E-state index in [1.54, 1.807) is 29.2 Å². The zero-order chi connectivity index (χ0) is 23.5. The Hall–Kier alpha value is -3.13. The van der Waals surface area contributed by atoms with Gasteiger partial charge in [-0.3, -0.25) is 4.79 Å². The fourth-order valence-corrected chi connectivity index (χ4v) is 4.47. The van der Waals surface area contributed by atoms with Crippen LogP contribution in [0.2, 0.25) is 0 Å². The van der Waals surface area contributed by atoms with Gasteiger partial charge in [0.25, 0.3) is 11.9 Å². The van der Waals surface area contributed by atoms with E-state index in [2.05, 4.69) is 27.3 Å².